The SMILES string of the molecule is CC(=O)N1CCN(Cc2c[nH]c3ccccc23)CC1. The molecule has 1 N–H and O–H groups in total. The van der Waals surface area contributed by atoms with E-state index in [1.54, 1.807) is 6.92 Å². The molecule has 1 fully saturated rings. The van der Waals surface area contributed by atoms with Gasteiger partial charge in [0.15, 0.2) is 0 Å². The molecule has 3 rings (SSSR count). The van der Waals surface area contributed by atoms with E-state index in [-0.39, 0.29) is 5.91 Å². The molecule has 0 aliphatic carbocycles. The molecule has 1 amide bonds. The van der Waals surface area contributed by atoms with Crippen molar-refractivity contribution >= 4 is 16.8 Å². The van der Waals surface area contributed by atoms with Gasteiger partial charge in [0, 0.05) is 56.7 Å². The van der Waals surface area contributed by atoms with Gasteiger partial charge in [-0.15, -0.1) is 0 Å². The third-order valence-corrected chi connectivity index (χ3v) is 3.89. The molecule has 0 saturated carbocycles. The first-order valence-electron chi connectivity index (χ1n) is 6.77. The Morgan fingerprint density at radius 1 is 1.21 bits per heavy atom. The van der Waals surface area contributed by atoms with Gasteiger partial charge in [0.05, 0.1) is 0 Å². The molecule has 0 radical (unpaired) electrons. The zero-order valence-corrected chi connectivity index (χ0v) is 11.2. The number of hydrogen-bond donors (Lipinski definition) is 1. The highest BCUT2D eigenvalue weighted by atomic mass is 16.2. The summed E-state index contributed by atoms with van der Waals surface area (Å²) in [6.07, 6.45) is 2.10. The van der Waals surface area contributed by atoms with Gasteiger partial charge in [-0.2, -0.15) is 0 Å². The minimum atomic E-state index is 0.187. The second-order valence-electron chi connectivity index (χ2n) is 5.14. The fourth-order valence-electron chi connectivity index (χ4n) is 2.72. The highest BCUT2D eigenvalue weighted by molar-refractivity contribution is 5.83. The van der Waals surface area contributed by atoms with Gasteiger partial charge in [0.25, 0.3) is 0 Å². The standard InChI is InChI=1S/C15H19N3O/c1-12(19)18-8-6-17(7-9-18)11-13-10-16-15-5-3-2-4-14(13)15/h2-5,10,16H,6-9,11H2,1H3. The maximum Gasteiger partial charge on any atom is 0.219 e. The third-order valence-electron chi connectivity index (χ3n) is 3.89. The second kappa shape index (κ2) is 5.05. The first-order valence-corrected chi connectivity index (χ1v) is 6.77. The van der Waals surface area contributed by atoms with Gasteiger partial charge < -0.3 is 9.88 Å². The van der Waals surface area contributed by atoms with Crippen molar-refractivity contribution in [3.8, 4) is 0 Å². The summed E-state index contributed by atoms with van der Waals surface area (Å²) in [7, 11) is 0. The largest absolute Gasteiger partial charge is 0.361 e. The molecule has 19 heavy (non-hydrogen) atoms. The van der Waals surface area contributed by atoms with Gasteiger partial charge in [-0.3, -0.25) is 9.69 Å². The van der Waals surface area contributed by atoms with Crippen LogP contribution < -0.4 is 0 Å². The lowest BCUT2D eigenvalue weighted by Crippen LogP contribution is -2.47. The minimum absolute atomic E-state index is 0.187. The van der Waals surface area contributed by atoms with E-state index in [4.69, 9.17) is 0 Å². The van der Waals surface area contributed by atoms with Crippen LogP contribution in [0.2, 0.25) is 0 Å². The highest BCUT2D eigenvalue weighted by Gasteiger charge is 2.19. The normalized spacial score (nSPS) is 17.0. The van der Waals surface area contributed by atoms with E-state index in [2.05, 4.69) is 34.3 Å². The van der Waals surface area contributed by atoms with Crippen molar-refractivity contribution in [1.29, 1.82) is 0 Å². The topological polar surface area (TPSA) is 39.3 Å². The number of piperazine rings is 1. The summed E-state index contributed by atoms with van der Waals surface area (Å²) in [5.41, 5.74) is 2.53. The molecule has 100 valence electrons. The van der Waals surface area contributed by atoms with E-state index in [9.17, 15) is 4.79 Å². The number of benzene rings is 1. The second-order valence-corrected chi connectivity index (χ2v) is 5.14. The number of carbonyl (C=O) groups is 1. The fourth-order valence-corrected chi connectivity index (χ4v) is 2.72. The minimum Gasteiger partial charge on any atom is -0.361 e. The Kier molecular flexibility index (Phi) is 3.25. The molecule has 2 heterocycles. The number of nitrogens with zero attached hydrogens (tertiary/aromatic N) is 2. The van der Waals surface area contributed by atoms with Crippen molar-refractivity contribution in [2.75, 3.05) is 26.2 Å². The van der Waals surface area contributed by atoms with Gasteiger partial charge in [0.2, 0.25) is 5.91 Å². The Labute approximate surface area is 113 Å². The maximum atomic E-state index is 11.3. The Balaban J connectivity index is 1.68. The van der Waals surface area contributed by atoms with Crippen LogP contribution in [-0.4, -0.2) is 46.9 Å². The summed E-state index contributed by atoms with van der Waals surface area (Å²) >= 11 is 0. The van der Waals surface area contributed by atoms with E-state index in [0.29, 0.717) is 0 Å². The highest BCUT2D eigenvalue weighted by Crippen LogP contribution is 2.19. The van der Waals surface area contributed by atoms with E-state index in [1.165, 1.54) is 16.5 Å². The average molecular weight is 257 g/mol. The predicted molar refractivity (Wildman–Crippen MR) is 75.8 cm³/mol. The summed E-state index contributed by atoms with van der Waals surface area (Å²) in [5.74, 6) is 0.187. The number of H-pyrrole nitrogens is 1. The number of aromatic amines is 1. The van der Waals surface area contributed by atoms with Crippen molar-refractivity contribution in [2.24, 2.45) is 0 Å². The van der Waals surface area contributed by atoms with E-state index in [1.807, 2.05) is 11.0 Å². The van der Waals surface area contributed by atoms with Crippen molar-refractivity contribution in [2.45, 2.75) is 13.5 Å². The Hall–Kier alpha value is -1.81. The molecule has 1 aliphatic heterocycles. The molecular weight excluding hydrogens is 238 g/mol. The molecule has 0 unspecified atom stereocenters. The monoisotopic (exact) mass is 257 g/mol. The van der Waals surface area contributed by atoms with Crippen LogP contribution in [0.4, 0.5) is 0 Å². The van der Waals surface area contributed by atoms with Crippen LogP contribution in [0.25, 0.3) is 10.9 Å². The number of rotatable bonds is 2. The molecule has 0 spiro atoms. The molecule has 1 aromatic heterocycles. The molecule has 4 nitrogen and oxygen atoms in total. The van der Waals surface area contributed by atoms with Gasteiger partial charge in [-0.25, -0.2) is 0 Å². The van der Waals surface area contributed by atoms with Crippen LogP contribution in [0.5, 0.6) is 0 Å². The molecular formula is C15H19N3O. The zero-order chi connectivity index (χ0) is 13.2. The lowest BCUT2D eigenvalue weighted by atomic mass is 10.1. The van der Waals surface area contributed by atoms with Gasteiger partial charge >= 0.3 is 0 Å². The Morgan fingerprint density at radius 2 is 1.95 bits per heavy atom. The van der Waals surface area contributed by atoms with Crippen LogP contribution in [0.15, 0.2) is 30.5 Å². The Bertz CT molecular complexity index is 582. The fraction of sp³-hybridized carbons (Fsp3) is 0.400. The van der Waals surface area contributed by atoms with Crippen molar-refractivity contribution in [3.05, 3.63) is 36.0 Å². The lowest BCUT2D eigenvalue weighted by Gasteiger charge is -2.34. The number of amides is 1. The molecule has 1 saturated heterocycles. The van der Waals surface area contributed by atoms with E-state index < -0.39 is 0 Å². The number of carbonyl (C=O) groups excluding carboxylic acids is 1. The number of nitrogens with one attached hydrogen (secondary N) is 1. The van der Waals surface area contributed by atoms with Gasteiger partial charge in [0.1, 0.15) is 0 Å². The summed E-state index contributed by atoms with van der Waals surface area (Å²) in [4.78, 5) is 18.9. The lowest BCUT2D eigenvalue weighted by molar-refractivity contribution is -0.130. The molecule has 1 aliphatic rings. The number of fused-ring (bicyclic) bond motifs is 1. The van der Waals surface area contributed by atoms with Crippen molar-refractivity contribution in [3.63, 3.8) is 0 Å². The van der Waals surface area contributed by atoms with Crippen LogP contribution in [-0.2, 0) is 11.3 Å². The zero-order valence-electron chi connectivity index (χ0n) is 11.2. The summed E-state index contributed by atoms with van der Waals surface area (Å²) in [6, 6.07) is 8.39. The molecule has 0 atom stereocenters. The first kappa shape index (κ1) is 12.2. The van der Waals surface area contributed by atoms with Gasteiger partial charge in [-0.1, -0.05) is 18.2 Å². The van der Waals surface area contributed by atoms with Crippen LogP contribution >= 0.6 is 0 Å². The first-order chi connectivity index (χ1) is 9.24. The smallest absolute Gasteiger partial charge is 0.219 e. The van der Waals surface area contributed by atoms with E-state index >= 15 is 0 Å². The van der Waals surface area contributed by atoms with Crippen molar-refractivity contribution < 1.29 is 4.79 Å². The number of aromatic nitrogens is 1. The quantitative estimate of drug-likeness (QED) is 0.891. The third kappa shape index (κ3) is 2.49. The molecule has 4 heteroatoms. The summed E-state index contributed by atoms with van der Waals surface area (Å²) in [6.45, 7) is 6.21. The molecule has 2 aromatic rings. The van der Waals surface area contributed by atoms with Crippen LogP contribution in [0.1, 0.15) is 12.5 Å². The summed E-state index contributed by atoms with van der Waals surface area (Å²) in [5, 5.41) is 1.30. The number of para-hydroxylation sites is 1. The molecule has 1 aromatic carbocycles. The predicted octanol–water partition coefficient (Wildman–Crippen LogP) is 1.83. The maximum absolute atomic E-state index is 11.3. The van der Waals surface area contributed by atoms with Gasteiger partial charge in [-0.05, 0) is 11.6 Å². The Morgan fingerprint density at radius 3 is 2.68 bits per heavy atom. The molecule has 0 bridgehead atoms. The number of hydrogen-bond acceptors (Lipinski definition) is 2. The van der Waals surface area contributed by atoms with Crippen LogP contribution in [0, 0.1) is 0 Å². The average Bonchev–Trinajstić information content (AvgIpc) is 2.83. The summed E-state index contributed by atoms with van der Waals surface area (Å²) < 4.78 is 0. The van der Waals surface area contributed by atoms with Crippen LogP contribution in [0.3, 0.4) is 0 Å². The van der Waals surface area contributed by atoms with E-state index in [0.717, 1.165) is 32.7 Å². The van der Waals surface area contributed by atoms with Crippen molar-refractivity contribution in [1.82, 2.24) is 14.8 Å².